The van der Waals surface area contributed by atoms with Crippen LogP contribution in [-0.4, -0.2) is 69.9 Å². The van der Waals surface area contributed by atoms with E-state index in [9.17, 15) is 22.8 Å². The number of nitrogens with two attached hydrogens (primary N) is 1. The molecule has 1 amide bonds. The zero-order chi connectivity index (χ0) is 26.6. The Balaban J connectivity index is 1.80. The highest BCUT2D eigenvalue weighted by molar-refractivity contribution is 6.02. The second kappa shape index (κ2) is 11.7. The van der Waals surface area contributed by atoms with Gasteiger partial charge in [-0.3, -0.25) is 14.3 Å². The van der Waals surface area contributed by atoms with Crippen molar-refractivity contribution in [2.75, 3.05) is 19.0 Å². The molecule has 11 nitrogen and oxygen atoms in total. The summed E-state index contributed by atoms with van der Waals surface area (Å²) >= 11 is 0. The molecule has 1 saturated carbocycles. The molecular weight excluding hydrogens is 485 g/mol. The van der Waals surface area contributed by atoms with Gasteiger partial charge in [0.2, 0.25) is 5.88 Å². The number of nitrogens with one attached hydrogen (secondary N) is 1. The first-order valence-corrected chi connectivity index (χ1v) is 11.4. The van der Waals surface area contributed by atoms with Crippen molar-refractivity contribution in [2.24, 2.45) is 18.7 Å². The van der Waals surface area contributed by atoms with Crippen molar-refractivity contribution < 1.29 is 37.0 Å². The average Bonchev–Trinajstić information content (AvgIpc) is 3.51. The summed E-state index contributed by atoms with van der Waals surface area (Å²) in [5.41, 5.74) is 6.35. The third kappa shape index (κ3) is 6.55. The Morgan fingerprint density at radius 2 is 1.97 bits per heavy atom. The third-order valence-electron chi connectivity index (χ3n) is 5.96. The topological polar surface area (TPSA) is 136 Å². The molecule has 200 valence electrons. The molecule has 0 aromatic carbocycles. The van der Waals surface area contributed by atoms with E-state index in [1.807, 2.05) is 0 Å². The Morgan fingerprint density at radius 3 is 2.58 bits per heavy atom. The van der Waals surface area contributed by atoms with Gasteiger partial charge in [0.25, 0.3) is 12.3 Å². The Kier molecular flexibility index (Phi) is 8.95. The van der Waals surface area contributed by atoms with Gasteiger partial charge in [0.05, 0.1) is 11.8 Å². The number of alkyl halides is 3. The van der Waals surface area contributed by atoms with E-state index in [1.165, 1.54) is 29.6 Å². The summed E-state index contributed by atoms with van der Waals surface area (Å²) in [4.78, 5) is 25.2. The summed E-state index contributed by atoms with van der Waals surface area (Å²) in [5, 5.41) is 11.0. The molecule has 2 heterocycles. The first-order valence-electron chi connectivity index (χ1n) is 11.4. The molecule has 3 N–H and O–H groups in total. The highest BCUT2D eigenvalue weighted by Crippen LogP contribution is 2.38. The van der Waals surface area contributed by atoms with Crippen LogP contribution in [0.2, 0.25) is 0 Å². The highest BCUT2D eigenvalue weighted by atomic mass is 19.3. The lowest BCUT2D eigenvalue weighted by molar-refractivity contribution is -0.150. The predicted molar refractivity (Wildman–Crippen MR) is 121 cm³/mol. The molecule has 0 radical (unpaired) electrons. The second-order valence-corrected chi connectivity index (χ2v) is 8.92. The van der Waals surface area contributed by atoms with Crippen LogP contribution in [0.15, 0.2) is 12.1 Å². The minimum Gasteiger partial charge on any atom is -0.471 e. The molecule has 3 rings (SSSR count). The maximum Gasteiger partial charge on any atom is 0.324 e. The molecule has 4 atom stereocenters. The van der Waals surface area contributed by atoms with Gasteiger partial charge in [-0.15, -0.1) is 5.10 Å². The van der Waals surface area contributed by atoms with Gasteiger partial charge < -0.3 is 25.3 Å². The quantitative estimate of drug-likeness (QED) is 0.434. The number of rotatable bonds is 11. The molecule has 14 heteroatoms. The molecular formula is C22H31F3N6O5. The summed E-state index contributed by atoms with van der Waals surface area (Å²) < 4.78 is 56.9. The van der Waals surface area contributed by atoms with Crippen LogP contribution in [0.3, 0.4) is 0 Å². The van der Waals surface area contributed by atoms with Crippen molar-refractivity contribution in [3.8, 4) is 5.88 Å². The number of hydrogen-bond donors (Lipinski definition) is 2. The van der Waals surface area contributed by atoms with Crippen molar-refractivity contribution >= 4 is 17.7 Å². The molecule has 1 fully saturated rings. The van der Waals surface area contributed by atoms with Gasteiger partial charge >= 0.3 is 5.97 Å². The van der Waals surface area contributed by atoms with Gasteiger partial charge in [-0.25, -0.2) is 17.9 Å². The minimum atomic E-state index is -2.69. The molecule has 4 unspecified atom stereocenters. The Hall–Kier alpha value is -3.13. The summed E-state index contributed by atoms with van der Waals surface area (Å²) in [6.45, 7) is 2.34. The number of ether oxygens (including phenoxy) is 3. The Bertz CT molecular complexity index is 1060. The number of anilines is 1. The van der Waals surface area contributed by atoms with Crippen LogP contribution < -0.4 is 15.8 Å². The maximum absolute atomic E-state index is 14.3. The van der Waals surface area contributed by atoms with Crippen molar-refractivity contribution in [2.45, 2.75) is 64.1 Å². The fourth-order valence-electron chi connectivity index (χ4n) is 3.81. The number of nitrogens with zero attached hydrogens (tertiary/aromatic N) is 4. The van der Waals surface area contributed by atoms with Gasteiger partial charge in [0, 0.05) is 32.2 Å². The van der Waals surface area contributed by atoms with Crippen molar-refractivity contribution in [1.29, 1.82) is 0 Å². The number of carbonyl (C=O) groups is 2. The van der Waals surface area contributed by atoms with E-state index in [4.69, 9.17) is 19.9 Å². The lowest BCUT2D eigenvalue weighted by Gasteiger charge is -2.15. The minimum absolute atomic E-state index is 0.0246. The summed E-state index contributed by atoms with van der Waals surface area (Å²) in [7, 11) is 2.89. The Labute approximate surface area is 206 Å². The average molecular weight is 517 g/mol. The van der Waals surface area contributed by atoms with Crippen LogP contribution in [0.5, 0.6) is 5.88 Å². The lowest BCUT2D eigenvalue weighted by Crippen LogP contribution is -2.37. The largest absolute Gasteiger partial charge is 0.471 e. The SMILES string of the molecule is COC1CC(c2cc(NC(=O)c3cc(OCC(F)F)nn3C)n(COC(=O)C(N)C(C)C)n2)CC1F. The molecule has 2 aromatic rings. The zero-order valence-corrected chi connectivity index (χ0v) is 20.5. The van der Waals surface area contributed by atoms with Crippen LogP contribution in [0, 0.1) is 5.92 Å². The van der Waals surface area contributed by atoms with Gasteiger partial charge in [0.1, 0.15) is 23.7 Å². The number of esters is 1. The number of halogens is 3. The van der Waals surface area contributed by atoms with Crippen LogP contribution in [0.4, 0.5) is 19.0 Å². The molecule has 0 aliphatic heterocycles. The monoisotopic (exact) mass is 516 g/mol. The molecule has 0 saturated heterocycles. The molecule has 2 aromatic heterocycles. The van der Waals surface area contributed by atoms with Crippen LogP contribution in [0.1, 0.15) is 48.8 Å². The number of aryl methyl sites for hydroxylation is 1. The van der Waals surface area contributed by atoms with Crippen molar-refractivity contribution in [1.82, 2.24) is 19.6 Å². The van der Waals surface area contributed by atoms with Crippen molar-refractivity contribution in [3.63, 3.8) is 0 Å². The van der Waals surface area contributed by atoms with Crippen molar-refractivity contribution in [3.05, 3.63) is 23.5 Å². The molecule has 0 spiro atoms. The molecule has 0 bridgehead atoms. The summed E-state index contributed by atoms with van der Waals surface area (Å²) in [6, 6.07) is 1.94. The van der Waals surface area contributed by atoms with Gasteiger partial charge in [-0.1, -0.05) is 13.8 Å². The number of aromatic nitrogens is 4. The van der Waals surface area contributed by atoms with E-state index >= 15 is 0 Å². The second-order valence-electron chi connectivity index (χ2n) is 8.92. The number of hydrogen-bond acceptors (Lipinski definition) is 8. The highest BCUT2D eigenvalue weighted by Gasteiger charge is 2.37. The maximum atomic E-state index is 14.3. The lowest BCUT2D eigenvalue weighted by atomic mass is 10.0. The van der Waals surface area contributed by atoms with Gasteiger partial charge in [-0.05, 0) is 18.8 Å². The number of carbonyl (C=O) groups excluding carboxylic acids is 2. The predicted octanol–water partition coefficient (Wildman–Crippen LogP) is 2.23. The van der Waals surface area contributed by atoms with E-state index in [-0.39, 0.29) is 42.4 Å². The first-order chi connectivity index (χ1) is 17.0. The van der Waals surface area contributed by atoms with E-state index in [0.717, 1.165) is 0 Å². The Morgan fingerprint density at radius 1 is 1.25 bits per heavy atom. The fraction of sp³-hybridized carbons (Fsp3) is 0.636. The molecule has 1 aliphatic carbocycles. The third-order valence-corrected chi connectivity index (χ3v) is 5.96. The normalized spacial score (nSPS) is 20.7. The van der Waals surface area contributed by atoms with E-state index in [0.29, 0.717) is 12.1 Å². The summed E-state index contributed by atoms with van der Waals surface area (Å²) in [5.74, 6) is -1.67. The van der Waals surface area contributed by atoms with Gasteiger partial charge in [0.15, 0.2) is 13.3 Å². The van der Waals surface area contributed by atoms with E-state index < -0.39 is 43.2 Å². The van der Waals surface area contributed by atoms with E-state index in [1.54, 1.807) is 19.9 Å². The smallest absolute Gasteiger partial charge is 0.324 e. The standard InChI is InChI=1S/C22H31F3N6O5/c1-11(2)20(26)22(33)36-10-31-18(7-14(28-31)12-5-13(23)16(6-12)34-4)27-21(32)15-8-19(29-30(15)3)35-9-17(24)25/h7-8,11-13,16-17,20H,5-6,9-10,26H2,1-4H3,(H,27,32). The molecule has 36 heavy (non-hydrogen) atoms. The summed E-state index contributed by atoms with van der Waals surface area (Å²) in [6.07, 6.45) is -3.84. The van der Waals surface area contributed by atoms with Crippen LogP contribution in [-0.2, 0) is 28.0 Å². The number of methoxy groups -OCH3 is 1. The fourth-order valence-corrected chi connectivity index (χ4v) is 3.81. The first kappa shape index (κ1) is 27.5. The number of amides is 1. The molecule has 1 aliphatic rings. The van der Waals surface area contributed by atoms with Gasteiger partial charge in [-0.2, -0.15) is 5.10 Å². The zero-order valence-electron chi connectivity index (χ0n) is 20.5. The van der Waals surface area contributed by atoms with Crippen LogP contribution >= 0.6 is 0 Å². The van der Waals surface area contributed by atoms with E-state index in [2.05, 4.69) is 15.5 Å². The van der Waals surface area contributed by atoms with Crippen LogP contribution in [0.25, 0.3) is 0 Å².